The Kier molecular flexibility index (Phi) is 2.69. The van der Waals surface area contributed by atoms with Crippen LogP contribution < -0.4 is 0 Å². The fraction of sp³-hybridized carbons (Fsp3) is 1.00. The van der Waals surface area contributed by atoms with Gasteiger partial charge in [0.25, 0.3) is 0 Å². The van der Waals surface area contributed by atoms with E-state index in [1.807, 2.05) is 0 Å². The van der Waals surface area contributed by atoms with Gasteiger partial charge in [-0.1, -0.05) is 0 Å². The molecule has 0 bridgehead atoms. The molecule has 1 heterocycles. The minimum absolute atomic E-state index is 0.0933. The van der Waals surface area contributed by atoms with E-state index in [2.05, 4.69) is 0 Å². The van der Waals surface area contributed by atoms with E-state index in [1.54, 1.807) is 0 Å². The van der Waals surface area contributed by atoms with Crippen molar-refractivity contribution in [1.29, 1.82) is 0 Å². The van der Waals surface area contributed by atoms with E-state index >= 15 is 0 Å². The lowest BCUT2D eigenvalue weighted by atomic mass is 9.85. The lowest BCUT2D eigenvalue weighted by Gasteiger charge is -2.33. The third kappa shape index (κ3) is 2.04. The second-order valence-electron chi connectivity index (χ2n) is 4.07. The smallest absolute Gasteiger partial charge is 0.206 e. The summed E-state index contributed by atoms with van der Waals surface area (Å²) in [7, 11) is 0. The molecule has 0 radical (unpaired) electrons. The highest BCUT2D eigenvalue weighted by atomic mass is 16.7. The molecule has 1 aliphatic carbocycles. The maximum absolute atomic E-state index is 10.3. The molecule has 1 aliphatic heterocycles. The van der Waals surface area contributed by atoms with Crippen molar-refractivity contribution in [3.8, 4) is 0 Å². The van der Waals surface area contributed by atoms with Crippen molar-refractivity contribution < 1.29 is 14.4 Å². The van der Waals surface area contributed by atoms with E-state index in [0.29, 0.717) is 13.2 Å². The van der Waals surface area contributed by atoms with Gasteiger partial charge < -0.3 is 9.47 Å². The van der Waals surface area contributed by atoms with Crippen LogP contribution in [0.3, 0.4) is 0 Å². The summed E-state index contributed by atoms with van der Waals surface area (Å²) in [5.74, 6) is -0.170. The van der Waals surface area contributed by atoms with Gasteiger partial charge in [0.2, 0.25) is 6.54 Å². The second kappa shape index (κ2) is 3.82. The first-order valence-corrected chi connectivity index (χ1v) is 5.10. The molecule has 0 aromatic heterocycles. The van der Waals surface area contributed by atoms with E-state index in [0.717, 1.165) is 25.7 Å². The number of nitrogens with zero attached hydrogens (tertiary/aromatic N) is 1. The Labute approximate surface area is 82.5 Å². The predicted molar refractivity (Wildman–Crippen MR) is 48.5 cm³/mol. The number of nitro groups is 1. The van der Waals surface area contributed by atoms with Crippen LogP contribution in [0, 0.1) is 16.0 Å². The van der Waals surface area contributed by atoms with E-state index in [1.165, 1.54) is 0 Å². The van der Waals surface area contributed by atoms with Crippen LogP contribution in [-0.4, -0.2) is 30.5 Å². The summed E-state index contributed by atoms with van der Waals surface area (Å²) < 4.78 is 11.1. The van der Waals surface area contributed by atoms with Gasteiger partial charge in [0.1, 0.15) is 0 Å². The zero-order valence-electron chi connectivity index (χ0n) is 8.11. The molecule has 1 saturated carbocycles. The average Bonchev–Trinajstić information content (AvgIpc) is 2.58. The van der Waals surface area contributed by atoms with Crippen LogP contribution in [-0.2, 0) is 9.47 Å². The van der Waals surface area contributed by atoms with E-state index in [-0.39, 0.29) is 23.2 Å². The van der Waals surface area contributed by atoms with Gasteiger partial charge in [-0.3, -0.25) is 10.1 Å². The zero-order chi connectivity index (χ0) is 10.0. The van der Waals surface area contributed by atoms with E-state index < -0.39 is 0 Å². The standard InChI is InChI=1S/C9H15NO4/c11-10(12)7-8-1-3-9(4-2-8)13-5-6-14-9/h8H,1-7H2. The van der Waals surface area contributed by atoms with E-state index in [9.17, 15) is 10.1 Å². The van der Waals surface area contributed by atoms with Gasteiger partial charge in [-0.25, -0.2) is 0 Å². The summed E-state index contributed by atoms with van der Waals surface area (Å²) in [5, 5.41) is 10.3. The molecule has 2 fully saturated rings. The first-order valence-electron chi connectivity index (χ1n) is 5.10. The van der Waals surface area contributed by atoms with Crippen molar-refractivity contribution in [2.24, 2.45) is 5.92 Å². The summed E-state index contributed by atoms with van der Waals surface area (Å²) in [6, 6.07) is 0. The van der Waals surface area contributed by atoms with Crippen LogP contribution in [0.1, 0.15) is 25.7 Å². The number of hydrogen-bond acceptors (Lipinski definition) is 4. The summed E-state index contributed by atoms with van der Waals surface area (Å²) in [5.41, 5.74) is 0. The highest BCUT2D eigenvalue weighted by Crippen LogP contribution is 2.38. The Morgan fingerprint density at radius 1 is 1.29 bits per heavy atom. The van der Waals surface area contributed by atoms with Crippen molar-refractivity contribution in [2.75, 3.05) is 19.8 Å². The fourth-order valence-electron chi connectivity index (χ4n) is 2.30. The molecular weight excluding hydrogens is 186 g/mol. The highest BCUT2D eigenvalue weighted by Gasteiger charge is 2.41. The average molecular weight is 201 g/mol. The Bertz CT molecular complexity index is 215. The fourth-order valence-corrected chi connectivity index (χ4v) is 2.30. The van der Waals surface area contributed by atoms with Crippen LogP contribution in [0.4, 0.5) is 0 Å². The second-order valence-corrected chi connectivity index (χ2v) is 4.07. The summed E-state index contributed by atoms with van der Waals surface area (Å²) in [6.45, 7) is 1.43. The van der Waals surface area contributed by atoms with Crippen LogP contribution in [0.5, 0.6) is 0 Å². The van der Waals surface area contributed by atoms with Gasteiger partial charge in [0, 0.05) is 23.7 Å². The monoisotopic (exact) mass is 201 g/mol. The lowest BCUT2D eigenvalue weighted by Crippen LogP contribution is -2.36. The molecule has 2 rings (SSSR count). The topological polar surface area (TPSA) is 61.6 Å². The Hall–Kier alpha value is -0.680. The maximum atomic E-state index is 10.3. The van der Waals surface area contributed by atoms with E-state index in [4.69, 9.17) is 9.47 Å². The molecule has 0 N–H and O–H groups in total. The van der Waals surface area contributed by atoms with Gasteiger partial charge in [-0.15, -0.1) is 0 Å². The number of hydrogen-bond donors (Lipinski definition) is 0. The van der Waals surface area contributed by atoms with Crippen LogP contribution in [0.25, 0.3) is 0 Å². The zero-order valence-corrected chi connectivity index (χ0v) is 8.11. The molecule has 0 amide bonds. The molecule has 80 valence electrons. The molecule has 0 aromatic rings. The lowest BCUT2D eigenvalue weighted by molar-refractivity contribution is -0.489. The van der Waals surface area contributed by atoms with Gasteiger partial charge in [-0.05, 0) is 12.8 Å². The third-order valence-electron chi connectivity index (χ3n) is 3.09. The number of ether oxygens (including phenoxy) is 2. The quantitative estimate of drug-likeness (QED) is 0.497. The van der Waals surface area contributed by atoms with Crippen LogP contribution in [0.2, 0.25) is 0 Å². The molecular formula is C9H15NO4. The van der Waals surface area contributed by atoms with Crippen molar-refractivity contribution in [3.05, 3.63) is 10.1 Å². The predicted octanol–water partition coefficient (Wildman–Crippen LogP) is 1.20. The minimum Gasteiger partial charge on any atom is -0.348 e. The Balaban J connectivity index is 1.82. The number of rotatable bonds is 2. The minimum atomic E-state index is -0.382. The maximum Gasteiger partial charge on any atom is 0.206 e. The van der Waals surface area contributed by atoms with Gasteiger partial charge in [-0.2, -0.15) is 0 Å². The molecule has 5 nitrogen and oxygen atoms in total. The van der Waals surface area contributed by atoms with Crippen LogP contribution in [0.15, 0.2) is 0 Å². The molecule has 1 spiro atoms. The highest BCUT2D eigenvalue weighted by molar-refractivity contribution is 4.82. The normalized spacial score (nSPS) is 26.9. The molecule has 0 atom stereocenters. The molecule has 0 aromatic carbocycles. The Morgan fingerprint density at radius 3 is 2.36 bits per heavy atom. The molecule has 14 heavy (non-hydrogen) atoms. The van der Waals surface area contributed by atoms with Crippen LogP contribution >= 0.6 is 0 Å². The molecule has 5 heteroatoms. The van der Waals surface area contributed by atoms with Crippen molar-refractivity contribution in [2.45, 2.75) is 31.5 Å². The van der Waals surface area contributed by atoms with Gasteiger partial charge >= 0.3 is 0 Å². The van der Waals surface area contributed by atoms with Gasteiger partial charge in [0.15, 0.2) is 5.79 Å². The molecule has 2 aliphatic rings. The first kappa shape index (κ1) is 9.86. The third-order valence-corrected chi connectivity index (χ3v) is 3.09. The van der Waals surface area contributed by atoms with Gasteiger partial charge in [0.05, 0.1) is 13.2 Å². The summed E-state index contributed by atoms with van der Waals surface area (Å²) in [6.07, 6.45) is 3.32. The Morgan fingerprint density at radius 2 is 1.86 bits per heavy atom. The summed E-state index contributed by atoms with van der Waals surface area (Å²) >= 11 is 0. The first-order chi connectivity index (χ1) is 6.70. The van der Waals surface area contributed by atoms with Crippen molar-refractivity contribution in [1.82, 2.24) is 0 Å². The summed E-state index contributed by atoms with van der Waals surface area (Å²) in [4.78, 5) is 10.1. The SMILES string of the molecule is O=[N+]([O-])CC1CCC2(CC1)OCCO2. The molecule has 0 unspecified atom stereocenters. The van der Waals surface area contributed by atoms with Crippen molar-refractivity contribution >= 4 is 0 Å². The molecule has 1 saturated heterocycles. The van der Waals surface area contributed by atoms with Crippen molar-refractivity contribution in [3.63, 3.8) is 0 Å². The largest absolute Gasteiger partial charge is 0.348 e.